The molecule has 0 heterocycles. The zero-order valence-electron chi connectivity index (χ0n) is 10.7. The highest BCUT2D eigenvalue weighted by Crippen LogP contribution is 2.22. The molecule has 0 unspecified atom stereocenters. The normalized spacial score (nSPS) is 10.2. The molecule has 18 heavy (non-hydrogen) atoms. The third kappa shape index (κ3) is 4.21. The molecule has 0 aliphatic heterocycles. The van der Waals surface area contributed by atoms with Crippen LogP contribution in [0.25, 0.3) is 0 Å². The maximum absolute atomic E-state index is 5.27. The third-order valence-corrected chi connectivity index (χ3v) is 2.44. The lowest BCUT2D eigenvalue weighted by Gasteiger charge is -2.05. The lowest BCUT2D eigenvalue weighted by atomic mass is 10.2. The molecule has 0 aliphatic rings. The van der Waals surface area contributed by atoms with Crippen LogP contribution in [0.1, 0.15) is 12.5 Å². The Hall–Kier alpha value is -1.82. The molecule has 1 aromatic rings. The van der Waals surface area contributed by atoms with E-state index >= 15 is 0 Å². The van der Waals surface area contributed by atoms with Crippen LogP contribution in [0.5, 0.6) is 11.5 Å². The second-order valence-corrected chi connectivity index (χ2v) is 3.79. The average Bonchev–Trinajstić information content (AvgIpc) is 2.39. The number of hydrazine groups is 1. The van der Waals surface area contributed by atoms with E-state index in [9.17, 15) is 0 Å². The van der Waals surface area contributed by atoms with Gasteiger partial charge in [0.15, 0.2) is 0 Å². The van der Waals surface area contributed by atoms with Gasteiger partial charge in [-0.1, -0.05) is 0 Å². The van der Waals surface area contributed by atoms with Gasteiger partial charge in [0.25, 0.3) is 0 Å². The van der Waals surface area contributed by atoms with Crippen molar-refractivity contribution in [1.29, 1.82) is 0 Å². The van der Waals surface area contributed by atoms with E-state index in [4.69, 9.17) is 21.7 Å². The van der Waals surface area contributed by atoms with Gasteiger partial charge in [-0.2, -0.15) is 0 Å². The van der Waals surface area contributed by atoms with Crippen molar-refractivity contribution in [2.24, 2.45) is 0 Å². The summed E-state index contributed by atoms with van der Waals surface area (Å²) in [7, 11) is 3.23. The Bertz CT molecular complexity index is 435. The molecule has 0 aromatic heterocycles. The SMILES string of the molecule is CCNC(=S)N[NH+]=Cc1ccc(OC)cc1OC. The molecule has 5 nitrogen and oxygen atoms in total. The predicted octanol–water partition coefficient (Wildman–Crippen LogP) is -0.398. The minimum atomic E-state index is 0.543. The van der Waals surface area contributed by atoms with Crippen LogP contribution in [-0.4, -0.2) is 32.1 Å². The van der Waals surface area contributed by atoms with Crippen LogP contribution in [0.4, 0.5) is 0 Å². The molecule has 0 aliphatic carbocycles. The number of rotatable bonds is 5. The topological polar surface area (TPSA) is 56.5 Å². The molecule has 0 spiro atoms. The van der Waals surface area contributed by atoms with Crippen molar-refractivity contribution in [3.05, 3.63) is 23.8 Å². The maximum atomic E-state index is 5.27. The number of hydrogen-bond donors (Lipinski definition) is 3. The maximum Gasteiger partial charge on any atom is 0.223 e. The first-order valence-corrected chi connectivity index (χ1v) is 5.96. The van der Waals surface area contributed by atoms with Crippen LogP contribution in [0, 0.1) is 0 Å². The molecule has 0 atom stereocenters. The van der Waals surface area contributed by atoms with Crippen LogP contribution < -0.4 is 25.3 Å². The van der Waals surface area contributed by atoms with Crippen molar-refractivity contribution in [3.63, 3.8) is 0 Å². The van der Waals surface area contributed by atoms with E-state index in [1.54, 1.807) is 20.4 Å². The van der Waals surface area contributed by atoms with E-state index < -0.39 is 0 Å². The minimum absolute atomic E-state index is 0.543. The summed E-state index contributed by atoms with van der Waals surface area (Å²) in [4.78, 5) is 0. The lowest BCUT2D eigenvalue weighted by Crippen LogP contribution is -2.82. The molecule has 0 bridgehead atoms. The summed E-state index contributed by atoms with van der Waals surface area (Å²) in [5.74, 6) is 1.47. The molecule has 0 saturated heterocycles. The highest BCUT2D eigenvalue weighted by Gasteiger charge is 2.05. The molecule has 1 aromatic carbocycles. The van der Waals surface area contributed by atoms with Gasteiger partial charge in [0.05, 0.1) is 19.8 Å². The van der Waals surface area contributed by atoms with Gasteiger partial charge < -0.3 is 14.8 Å². The van der Waals surface area contributed by atoms with Crippen molar-refractivity contribution in [2.45, 2.75) is 6.92 Å². The first-order valence-electron chi connectivity index (χ1n) is 5.55. The summed E-state index contributed by atoms with van der Waals surface area (Å²) in [6, 6.07) is 5.57. The first-order chi connectivity index (χ1) is 8.71. The van der Waals surface area contributed by atoms with Crippen molar-refractivity contribution in [2.75, 3.05) is 20.8 Å². The fourth-order valence-electron chi connectivity index (χ4n) is 1.32. The quantitative estimate of drug-likeness (QED) is 0.385. The Morgan fingerprint density at radius 1 is 1.39 bits per heavy atom. The molecule has 98 valence electrons. The van der Waals surface area contributed by atoms with E-state index in [2.05, 4.69) is 15.8 Å². The van der Waals surface area contributed by atoms with E-state index in [0.29, 0.717) is 5.11 Å². The first kappa shape index (κ1) is 14.2. The molecular formula is C12H18N3O2S+. The number of thiocarbonyl (C=S) groups is 1. The van der Waals surface area contributed by atoms with Crippen molar-refractivity contribution in [1.82, 2.24) is 10.7 Å². The van der Waals surface area contributed by atoms with E-state index in [-0.39, 0.29) is 0 Å². The van der Waals surface area contributed by atoms with Crippen LogP contribution >= 0.6 is 12.2 Å². The van der Waals surface area contributed by atoms with Crippen molar-refractivity contribution >= 4 is 23.5 Å². The van der Waals surface area contributed by atoms with Crippen LogP contribution in [0.15, 0.2) is 18.2 Å². The van der Waals surface area contributed by atoms with E-state index in [1.807, 2.05) is 25.1 Å². The molecule has 0 radical (unpaired) electrons. The summed E-state index contributed by atoms with van der Waals surface area (Å²) < 4.78 is 10.4. The summed E-state index contributed by atoms with van der Waals surface area (Å²) in [5, 5.41) is 6.41. The Morgan fingerprint density at radius 2 is 2.17 bits per heavy atom. The largest absolute Gasteiger partial charge is 0.497 e. The summed E-state index contributed by atoms with van der Waals surface area (Å²) in [6.45, 7) is 2.75. The van der Waals surface area contributed by atoms with E-state index in [1.165, 1.54) is 0 Å². The number of nitrogens with one attached hydrogen (secondary N) is 3. The average molecular weight is 268 g/mol. The standard InChI is InChI=1S/C12H17N3O2S/c1-4-13-12(18)15-14-8-9-5-6-10(16-2)7-11(9)17-3/h5-8H,4H2,1-3H3,(H2,13,15,18)/p+1. The summed E-state index contributed by atoms with van der Waals surface area (Å²) in [6.07, 6.45) is 1.77. The second kappa shape index (κ2) is 7.50. The molecule has 0 fully saturated rings. The van der Waals surface area contributed by atoms with Gasteiger partial charge in [0, 0.05) is 12.6 Å². The van der Waals surface area contributed by atoms with Gasteiger partial charge in [-0.15, -0.1) is 10.5 Å². The zero-order valence-corrected chi connectivity index (χ0v) is 11.6. The number of ether oxygens (including phenoxy) is 2. The smallest absolute Gasteiger partial charge is 0.223 e. The number of methoxy groups -OCH3 is 2. The van der Waals surface area contributed by atoms with Gasteiger partial charge in [-0.05, 0) is 31.3 Å². The summed E-state index contributed by atoms with van der Waals surface area (Å²) >= 11 is 5.01. The van der Waals surface area contributed by atoms with Crippen LogP contribution in [-0.2, 0) is 0 Å². The monoisotopic (exact) mass is 268 g/mol. The van der Waals surface area contributed by atoms with Crippen LogP contribution in [0.2, 0.25) is 0 Å². The van der Waals surface area contributed by atoms with Gasteiger partial charge in [-0.3, -0.25) is 0 Å². The fraction of sp³-hybridized carbons (Fsp3) is 0.333. The predicted molar refractivity (Wildman–Crippen MR) is 75.1 cm³/mol. The Kier molecular flexibility index (Phi) is 5.93. The number of benzene rings is 1. The van der Waals surface area contributed by atoms with Gasteiger partial charge >= 0.3 is 0 Å². The molecule has 1 rings (SSSR count). The minimum Gasteiger partial charge on any atom is -0.497 e. The Labute approximate surface area is 112 Å². The van der Waals surface area contributed by atoms with Gasteiger partial charge in [0.2, 0.25) is 11.3 Å². The van der Waals surface area contributed by atoms with Gasteiger partial charge in [-0.25, -0.2) is 0 Å². The number of hydrogen-bond acceptors (Lipinski definition) is 3. The Balaban J connectivity index is 2.71. The molecule has 3 N–H and O–H groups in total. The van der Waals surface area contributed by atoms with Crippen molar-refractivity contribution in [3.8, 4) is 11.5 Å². The Morgan fingerprint density at radius 3 is 2.78 bits per heavy atom. The molecular weight excluding hydrogens is 250 g/mol. The summed E-state index contributed by atoms with van der Waals surface area (Å²) in [5.41, 5.74) is 3.73. The fourth-order valence-corrected chi connectivity index (χ4v) is 1.53. The molecule has 0 saturated carbocycles. The highest BCUT2D eigenvalue weighted by molar-refractivity contribution is 7.80. The highest BCUT2D eigenvalue weighted by atomic mass is 32.1. The zero-order chi connectivity index (χ0) is 13.4. The van der Waals surface area contributed by atoms with Crippen molar-refractivity contribution < 1.29 is 14.6 Å². The molecule has 0 amide bonds. The van der Waals surface area contributed by atoms with Gasteiger partial charge in [0.1, 0.15) is 11.5 Å². The second-order valence-electron chi connectivity index (χ2n) is 3.38. The third-order valence-electron chi connectivity index (χ3n) is 2.19. The van der Waals surface area contributed by atoms with E-state index in [0.717, 1.165) is 23.6 Å². The number of hydrazone groups is 1. The lowest BCUT2D eigenvalue weighted by molar-refractivity contribution is -0.500. The van der Waals surface area contributed by atoms with Crippen LogP contribution in [0.3, 0.4) is 0 Å². The molecule has 6 heteroatoms.